The van der Waals surface area contributed by atoms with Crippen LogP contribution in [0.3, 0.4) is 0 Å². The SMILES string of the molecule is Cc1ccc([N+](=O)[O-])c(N2CCCCC2C(C)N)c1. The molecule has 0 aliphatic carbocycles. The molecule has 0 radical (unpaired) electrons. The Balaban J connectivity index is 2.43. The van der Waals surface area contributed by atoms with Gasteiger partial charge < -0.3 is 10.6 Å². The van der Waals surface area contributed by atoms with E-state index in [0.29, 0.717) is 5.69 Å². The molecule has 1 aliphatic heterocycles. The highest BCUT2D eigenvalue weighted by Gasteiger charge is 2.30. The predicted molar refractivity (Wildman–Crippen MR) is 76.5 cm³/mol. The summed E-state index contributed by atoms with van der Waals surface area (Å²) in [6.07, 6.45) is 3.21. The molecular formula is C14H21N3O2. The molecule has 19 heavy (non-hydrogen) atoms. The van der Waals surface area contributed by atoms with E-state index in [2.05, 4.69) is 4.90 Å². The summed E-state index contributed by atoms with van der Waals surface area (Å²) in [6.45, 7) is 4.78. The van der Waals surface area contributed by atoms with Gasteiger partial charge in [0.15, 0.2) is 0 Å². The van der Waals surface area contributed by atoms with Crippen molar-refractivity contribution < 1.29 is 4.92 Å². The Morgan fingerprint density at radius 1 is 1.47 bits per heavy atom. The van der Waals surface area contributed by atoms with Crippen molar-refractivity contribution in [2.75, 3.05) is 11.4 Å². The summed E-state index contributed by atoms with van der Waals surface area (Å²) in [5.41, 5.74) is 7.98. The number of nitrogens with zero attached hydrogens (tertiary/aromatic N) is 2. The third-order valence-corrected chi connectivity index (χ3v) is 3.79. The Kier molecular flexibility index (Phi) is 4.04. The summed E-state index contributed by atoms with van der Waals surface area (Å²) in [5, 5.41) is 11.2. The summed E-state index contributed by atoms with van der Waals surface area (Å²) in [7, 11) is 0. The van der Waals surface area contributed by atoms with Crippen molar-refractivity contribution in [2.24, 2.45) is 5.73 Å². The number of nitro benzene ring substituents is 1. The first-order valence-corrected chi connectivity index (χ1v) is 6.78. The van der Waals surface area contributed by atoms with Gasteiger partial charge in [0, 0.05) is 24.7 Å². The predicted octanol–water partition coefficient (Wildman–Crippen LogP) is 2.61. The van der Waals surface area contributed by atoms with E-state index < -0.39 is 0 Å². The van der Waals surface area contributed by atoms with Gasteiger partial charge in [0.25, 0.3) is 5.69 Å². The molecule has 0 aromatic heterocycles. The number of piperidine rings is 1. The number of nitro groups is 1. The second kappa shape index (κ2) is 5.57. The maximum absolute atomic E-state index is 11.2. The second-order valence-electron chi connectivity index (χ2n) is 5.36. The Hall–Kier alpha value is -1.62. The normalized spacial score (nSPS) is 21.2. The molecule has 2 atom stereocenters. The van der Waals surface area contributed by atoms with Gasteiger partial charge >= 0.3 is 0 Å². The van der Waals surface area contributed by atoms with Crippen LogP contribution in [-0.2, 0) is 0 Å². The summed E-state index contributed by atoms with van der Waals surface area (Å²) >= 11 is 0. The molecule has 1 aromatic rings. The van der Waals surface area contributed by atoms with Gasteiger partial charge in [-0.25, -0.2) is 0 Å². The van der Waals surface area contributed by atoms with Crippen LogP contribution in [0.25, 0.3) is 0 Å². The molecule has 2 rings (SSSR count). The van der Waals surface area contributed by atoms with Gasteiger partial charge in [0.1, 0.15) is 5.69 Å². The fourth-order valence-corrected chi connectivity index (χ4v) is 2.82. The van der Waals surface area contributed by atoms with Crippen LogP contribution in [0.1, 0.15) is 31.7 Å². The molecule has 1 aliphatic rings. The first-order valence-electron chi connectivity index (χ1n) is 6.78. The maximum Gasteiger partial charge on any atom is 0.292 e. The van der Waals surface area contributed by atoms with Crippen LogP contribution in [-0.4, -0.2) is 23.6 Å². The van der Waals surface area contributed by atoms with Crippen molar-refractivity contribution in [1.29, 1.82) is 0 Å². The van der Waals surface area contributed by atoms with Crippen LogP contribution >= 0.6 is 0 Å². The maximum atomic E-state index is 11.2. The molecule has 1 aromatic carbocycles. The molecule has 0 spiro atoms. The average molecular weight is 263 g/mol. The number of anilines is 1. The number of benzene rings is 1. The third kappa shape index (κ3) is 2.87. The van der Waals surface area contributed by atoms with E-state index in [1.165, 1.54) is 0 Å². The molecule has 0 saturated carbocycles. The van der Waals surface area contributed by atoms with Gasteiger partial charge in [0.2, 0.25) is 0 Å². The lowest BCUT2D eigenvalue weighted by Gasteiger charge is -2.39. The van der Waals surface area contributed by atoms with Gasteiger partial charge in [-0.15, -0.1) is 0 Å². The lowest BCUT2D eigenvalue weighted by Crippen LogP contribution is -2.49. The van der Waals surface area contributed by atoms with Crippen molar-refractivity contribution >= 4 is 11.4 Å². The van der Waals surface area contributed by atoms with Crippen LogP contribution in [0.5, 0.6) is 0 Å². The van der Waals surface area contributed by atoms with Gasteiger partial charge in [-0.2, -0.15) is 0 Å². The van der Waals surface area contributed by atoms with E-state index >= 15 is 0 Å². The molecule has 104 valence electrons. The Bertz CT molecular complexity index is 474. The van der Waals surface area contributed by atoms with Crippen molar-refractivity contribution in [3.63, 3.8) is 0 Å². The van der Waals surface area contributed by atoms with E-state index in [1.807, 2.05) is 19.9 Å². The standard InChI is InChI=1S/C14H21N3O2/c1-10-6-7-13(17(18)19)14(9-10)16-8-4-3-5-12(16)11(2)15/h6-7,9,11-12H,3-5,8,15H2,1-2H3. The number of nitrogens with two attached hydrogens (primary N) is 1. The molecule has 0 bridgehead atoms. The minimum Gasteiger partial charge on any atom is -0.361 e. The van der Waals surface area contributed by atoms with E-state index in [0.717, 1.165) is 31.4 Å². The first kappa shape index (κ1) is 13.8. The summed E-state index contributed by atoms with van der Waals surface area (Å²) < 4.78 is 0. The highest BCUT2D eigenvalue weighted by molar-refractivity contribution is 5.65. The Morgan fingerprint density at radius 3 is 2.84 bits per heavy atom. The Morgan fingerprint density at radius 2 is 2.21 bits per heavy atom. The van der Waals surface area contributed by atoms with E-state index in [-0.39, 0.29) is 22.7 Å². The van der Waals surface area contributed by atoms with Crippen molar-refractivity contribution in [2.45, 2.75) is 45.2 Å². The number of rotatable bonds is 3. The molecule has 1 fully saturated rings. The number of aryl methyl sites for hydroxylation is 1. The zero-order valence-corrected chi connectivity index (χ0v) is 11.5. The number of hydrogen-bond donors (Lipinski definition) is 1. The van der Waals surface area contributed by atoms with E-state index in [9.17, 15) is 10.1 Å². The molecule has 5 heteroatoms. The van der Waals surface area contributed by atoms with Gasteiger partial charge in [0.05, 0.1) is 4.92 Å². The Labute approximate surface area is 113 Å². The quantitative estimate of drug-likeness (QED) is 0.672. The largest absolute Gasteiger partial charge is 0.361 e. The number of hydrogen-bond acceptors (Lipinski definition) is 4. The minimum atomic E-state index is -0.304. The average Bonchev–Trinajstić information content (AvgIpc) is 2.38. The molecule has 1 saturated heterocycles. The monoisotopic (exact) mass is 263 g/mol. The van der Waals surface area contributed by atoms with Gasteiger partial charge in [-0.3, -0.25) is 10.1 Å². The zero-order chi connectivity index (χ0) is 14.0. The minimum absolute atomic E-state index is 0.0143. The molecule has 5 nitrogen and oxygen atoms in total. The molecule has 1 heterocycles. The molecular weight excluding hydrogens is 242 g/mol. The fraction of sp³-hybridized carbons (Fsp3) is 0.571. The van der Waals surface area contributed by atoms with Crippen molar-refractivity contribution in [3.05, 3.63) is 33.9 Å². The smallest absolute Gasteiger partial charge is 0.292 e. The van der Waals surface area contributed by atoms with Crippen molar-refractivity contribution in [1.82, 2.24) is 0 Å². The van der Waals surface area contributed by atoms with Gasteiger partial charge in [-0.1, -0.05) is 6.07 Å². The third-order valence-electron chi connectivity index (χ3n) is 3.79. The first-order chi connectivity index (χ1) is 9.00. The summed E-state index contributed by atoms with van der Waals surface area (Å²) in [5.74, 6) is 0. The van der Waals surface area contributed by atoms with Crippen LogP contribution < -0.4 is 10.6 Å². The summed E-state index contributed by atoms with van der Waals surface area (Å²) in [4.78, 5) is 13.0. The van der Waals surface area contributed by atoms with E-state index in [4.69, 9.17) is 5.73 Å². The zero-order valence-electron chi connectivity index (χ0n) is 11.5. The molecule has 2 unspecified atom stereocenters. The van der Waals surface area contributed by atoms with E-state index in [1.54, 1.807) is 12.1 Å². The lowest BCUT2D eigenvalue weighted by atomic mass is 9.95. The summed E-state index contributed by atoms with van der Waals surface area (Å²) in [6, 6.07) is 5.48. The molecule has 2 N–H and O–H groups in total. The second-order valence-corrected chi connectivity index (χ2v) is 5.36. The fourth-order valence-electron chi connectivity index (χ4n) is 2.82. The van der Waals surface area contributed by atoms with Crippen LogP contribution in [0.15, 0.2) is 18.2 Å². The highest BCUT2D eigenvalue weighted by atomic mass is 16.6. The van der Waals surface area contributed by atoms with Crippen LogP contribution in [0, 0.1) is 17.0 Å². The van der Waals surface area contributed by atoms with Gasteiger partial charge in [-0.05, 0) is 44.7 Å². The van der Waals surface area contributed by atoms with Crippen LogP contribution in [0.2, 0.25) is 0 Å². The topological polar surface area (TPSA) is 72.4 Å². The van der Waals surface area contributed by atoms with Crippen LogP contribution in [0.4, 0.5) is 11.4 Å². The lowest BCUT2D eigenvalue weighted by molar-refractivity contribution is -0.384. The molecule has 0 amide bonds. The highest BCUT2D eigenvalue weighted by Crippen LogP contribution is 2.34. The van der Waals surface area contributed by atoms with Crippen molar-refractivity contribution in [3.8, 4) is 0 Å².